The number of benzene rings is 1. The Labute approximate surface area is 110 Å². The number of methoxy groups -OCH3 is 1. The number of hydrogen-bond acceptors (Lipinski definition) is 5. The zero-order valence-corrected chi connectivity index (χ0v) is 10.4. The predicted octanol–water partition coefficient (Wildman–Crippen LogP) is 1.82. The minimum absolute atomic E-state index is 0.0371. The molecule has 6 nitrogen and oxygen atoms in total. The van der Waals surface area contributed by atoms with Crippen LogP contribution in [0.1, 0.15) is 29.9 Å². The molecule has 19 heavy (non-hydrogen) atoms. The van der Waals surface area contributed by atoms with Crippen molar-refractivity contribution < 1.29 is 19.1 Å². The van der Waals surface area contributed by atoms with Crippen LogP contribution in [-0.2, 0) is 16.0 Å². The number of carbonyl (C=O) groups is 1. The van der Waals surface area contributed by atoms with Crippen molar-refractivity contribution in [3.05, 3.63) is 47.7 Å². The molecule has 2 rings (SSSR count). The lowest BCUT2D eigenvalue weighted by Gasteiger charge is -2.10. The van der Waals surface area contributed by atoms with Gasteiger partial charge in [0, 0.05) is 13.5 Å². The molecule has 0 saturated heterocycles. The molecule has 0 fully saturated rings. The van der Waals surface area contributed by atoms with Crippen LogP contribution in [0.15, 0.2) is 34.7 Å². The quantitative estimate of drug-likeness (QED) is 0.854. The Morgan fingerprint density at radius 2 is 2.11 bits per heavy atom. The first kappa shape index (κ1) is 13.2. The van der Waals surface area contributed by atoms with Gasteiger partial charge in [-0.15, -0.1) is 10.2 Å². The lowest BCUT2D eigenvalue weighted by Crippen LogP contribution is -2.03. The van der Waals surface area contributed by atoms with E-state index in [1.54, 1.807) is 7.11 Å². The fourth-order valence-corrected chi connectivity index (χ4v) is 1.69. The summed E-state index contributed by atoms with van der Waals surface area (Å²) in [5.74, 6) is -0.268. The summed E-state index contributed by atoms with van der Waals surface area (Å²) in [5.41, 5.74) is 0.901. The van der Waals surface area contributed by atoms with E-state index in [-0.39, 0.29) is 12.8 Å². The van der Waals surface area contributed by atoms with Gasteiger partial charge in [-0.3, -0.25) is 4.79 Å². The lowest BCUT2D eigenvalue weighted by molar-refractivity contribution is -0.137. The van der Waals surface area contributed by atoms with Crippen molar-refractivity contribution in [2.45, 2.75) is 18.9 Å². The molecule has 1 aromatic heterocycles. The van der Waals surface area contributed by atoms with Crippen LogP contribution in [-0.4, -0.2) is 28.4 Å². The van der Waals surface area contributed by atoms with Crippen molar-refractivity contribution in [3.63, 3.8) is 0 Å². The molecule has 2 aromatic rings. The molecule has 0 radical (unpaired) electrons. The van der Waals surface area contributed by atoms with E-state index in [9.17, 15) is 4.79 Å². The van der Waals surface area contributed by atoms with Gasteiger partial charge in [0.1, 0.15) is 0 Å². The van der Waals surface area contributed by atoms with Gasteiger partial charge in [0.2, 0.25) is 11.8 Å². The Hall–Kier alpha value is -2.21. The Kier molecular flexibility index (Phi) is 4.25. The van der Waals surface area contributed by atoms with Gasteiger partial charge in [-0.25, -0.2) is 0 Å². The van der Waals surface area contributed by atoms with Crippen LogP contribution in [0.3, 0.4) is 0 Å². The van der Waals surface area contributed by atoms with Crippen LogP contribution in [0.4, 0.5) is 0 Å². The molecule has 6 heteroatoms. The highest BCUT2D eigenvalue weighted by atomic mass is 16.5. The van der Waals surface area contributed by atoms with Gasteiger partial charge >= 0.3 is 5.97 Å². The molecule has 1 atom stereocenters. The van der Waals surface area contributed by atoms with E-state index in [2.05, 4.69) is 10.2 Å². The van der Waals surface area contributed by atoms with Crippen molar-refractivity contribution in [1.82, 2.24) is 10.2 Å². The van der Waals surface area contributed by atoms with Gasteiger partial charge in [-0.05, 0) is 5.56 Å². The Morgan fingerprint density at radius 3 is 2.74 bits per heavy atom. The highest BCUT2D eigenvalue weighted by molar-refractivity contribution is 5.66. The van der Waals surface area contributed by atoms with Gasteiger partial charge in [0.15, 0.2) is 6.10 Å². The van der Waals surface area contributed by atoms with Gasteiger partial charge in [0.25, 0.3) is 0 Å². The summed E-state index contributed by atoms with van der Waals surface area (Å²) in [6, 6.07) is 9.49. The minimum atomic E-state index is -0.897. The molecule has 0 amide bonds. The molecule has 0 aliphatic rings. The number of carboxylic acids is 1. The molecule has 1 unspecified atom stereocenters. The van der Waals surface area contributed by atoms with Crippen molar-refractivity contribution in [1.29, 1.82) is 0 Å². The molecule has 100 valence electrons. The van der Waals surface area contributed by atoms with Crippen molar-refractivity contribution in [2.75, 3.05) is 7.11 Å². The van der Waals surface area contributed by atoms with Crippen molar-refractivity contribution in [2.24, 2.45) is 0 Å². The summed E-state index contributed by atoms with van der Waals surface area (Å²) in [7, 11) is 1.55. The molecule has 1 aromatic carbocycles. The van der Waals surface area contributed by atoms with E-state index in [4.69, 9.17) is 14.3 Å². The summed E-state index contributed by atoms with van der Waals surface area (Å²) in [4.78, 5) is 10.5. The second kappa shape index (κ2) is 6.10. The van der Waals surface area contributed by atoms with Crippen LogP contribution in [0.5, 0.6) is 0 Å². The van der Waals surface area contributed by atoms with Crippen LogP contribution >= 0.6 is 0 Å². The summed E-state index contributed by atoms with van der Waals surface area (Å²) >= 11 is 0. The third kappa shape index (κ3) is 3.38. The van der Waals surface area contributed by atoms with E-state index in [1.807, 2.05) is 30.3 Å². The smallest absolute Gasteiger partial charge is 0.303 e. The van der Waals surface area contributed by atoms with Gasteiger partial charge in [-0.2, -0.15) is 0 Å². The number of ether oxygens (including phenoxy) is 1. The SMILES string of the molecule is COC(c1ccccc1)c1nnc(CCC(=O)O)o1. The molecule has 0 bridgehead atoms. The molecule has 1 heterocycles. The van der Waals surface area contributed by atoms with E-state index in [1.165, 1.54) is 0 Å². The van der Waals surface area contributed by atoms with Crippen molar-refractivity contribution >= 4 is 5.97 Å². The van der Waals surface area contributed by atoms with Crippen LogP contribution in [0.2, 0.25) is 0 Å². The Balaban J connectivity index is 2.14. The molecule has 0 aliphatic carbocycles. The maximum Gasteiger partial charge on any atom is 0.303 e. The normalized spacial score (nSPS) is 12.3. The fourth-order valence-electron chi connectivity index (χ4n) is 1.69. The second-order valence-electron chi connectivity index (χ2n) is 3.95. The first-order valence-corrected chi connectivity index (χ1v) is 5.82. The third-order valence-electron chi connectivity index (χ3n) is 2.60. The number of aryl methyl sites for hydroxylation is 1. The highest BCUT2D eigenvalue weighted by Gasteiger charge is 2.20. The zero-order chi connectivity index (χ0) is 13.7. The van der Waals surface area contributed by atoms with Crippen LogP contribution in [0.25, 0.3) is 0 Å². The highest BCUT2D eigenvalue weighted by Crippen LogP contribution is 2.24. The fraction of sp³-hybridized carbons (Fsp3) is 0.308. The molecule has 0 spiro atoms. The van der Waals surface area contributed by atoms with Crippen LogP contribution < -0.4 is 0 Å². The molecule has 0 saturated carbocycles. The van der Waals surface area contributed by atoms with E-state index in [0.717, 1.165) is 5.56 Å². The number of rotatable bonds is 6. The average molecular weight is 262 g/mol. The van der Waals surface area contributed by atoms with Crippen LogP contribution in [0, 0.1) is 0 Å². The topological polar surface area (TPSA) is 85.5 Å². The summed E-state index contributed by atoms with van der Waals surface area (Å²) in [6.07, 6.45) is -0.259. The molecular weight excluding hydrogens is 248 g/mol. The van der Waals surface area contributed by atoms with E-state index >= 15 is 0 Å². The minimum Gasteiger partial charge on any atom is -0.481 e. The summed E-state index contributed by atoms with van der Waals surface area (Å²) in [6.45, 7) is 0. The standard InChI is InChI=1S/C13H14N2O4/c1-18-12(9-5-3-2-4-6-9)13-15-14-10(19-13)7-8-11(16)17/h2-6,12H,7-8H2,1H3,(H,16,17). The maximum absolute atomic E-state index is 10.5. The first-order valence-electron chi connectivity index (χ1n) is 5.82. The third-order valence-corrected chi connectivity index (χ3v) is 2.60. The number of nitrogens with zero attached hydrogens (tertiary/aromatic N) is 2. The summed E-state index contributed by atoms with van der Waals surface area (Å²) in [5, 5.41) is 16.3. The number of aromatic nitrogens is 2. The molecule has 0 aliphatic heterocycles. The second-order valence-corrected chi connectivity index (χ2v) is 3.95. The molecular formula is C13H14N2O4. The number of carboxylic acid groups (broad SMARTS) is 1. The number of hydrogen-bond donors (Lipinski definition) is 1. The lowest BCUT2D eigenvalue weighted by atomic mass is 10.1. The van der Waals surface area contributed by atoms with E-state index in [0.29, 0.717) is 11.8 Å². The summed E-state index contributed by atoms with van der Waals surface area (Å²) < 4.78 is 10.8. The van der Waals surface area contributed by atoms with E-state index < -0.39 is 12.1 Å². The Bertz CT molecular complexity index is 539. The largest absolute Gasteiger partial charge is 0.481 e. The predicted molar refractivity (Wildman–Crippen MR) is 65.5 cm³/mol. The number of aliphatic carboxylic acids is 1. The maximum atomic E-state index is 10.5. The van der Waals surface area contributed by atoms with Gasteiger partial charge < -0.3 is 14.3 Å². The molecule has 1 N–H and O–H groups in total. The monoisotopic (exact) mass is 262 g/mol. The first-order chi connectivity index (χ1) is 9.20. The van der Waals surface area contributed by atoms with Gasteiger partial charge in [0.05, 0.1) is 6.42 Å². The Morgan fingerprint density at radius 1 is 1.37 bits per heavy atom. The zero-order valence-electron chi connectivity index (χ0n) is 10.4. The average Bonchev–Trinajstić information content (AvgIpc) is 2.87. The van der Waals surface area contributed by atoms with Crippen molar-refractivity contribution in [3.8, 4) is 0 Å². The van der Waals surface area contributed by atoms with Gasteiger partial charge in [-0.1, -0.05) is 30.3 Å².